The average molecular weight is 320 g/mol. The van der Waals surface area contributed by atoms with Crippen molar-refractivity contribution in [3.8, 4) is 0 Å². The topological polar surface area (TPSA) is 83.1 Å². The van der Waals surface area contributed by atoms with E-state index in [0.29, 0.717) is 6.54 Å². The zero-order chi connectivity index (χ0) is 14.9. The summed E-state index contributed by atoms with van der Waals surface area (Å²) in [5.74, 6) is -0.357. The summed E-state index contributed by atoms with van der Waals surface area (Å²) in [6, 6.07) is 0.205. The SMILES string of the molecule is CCCCN(C(=O)c1n[nH]c(C)c1S(=O)(=O)Cl)C1CC1. The van der Waals surface area contributed by atoms with Gasteiger partial charge in [-0.15, -0.1) is 0 Å². The third-order valence-corrected chi connectivity index (χ3v) is 4.79. The Morgan fingerprint density at radius 3 is 2.65 bits per heavy atom. The van der Waals surface area contributed by atoms with Gasteiger partial charge in [0, 0.05) is 23.3 Å². The molecule has 0 radical (unpaired) electrons. The van der Waals surface area contributed by atoms with E-state index in [1.54, 1.807) is 4.90 Å². The number of hydrogen-bond acceptors (Lipinski definition) is 4. The number of H-pyrrole nitrogens is 1. The number of hydrogen-bond donors (Lipinski definition) is 1. The zero-order valence-electron chi connectivity index (χ0n) is 11.5. The molecule has 6 nitrogen and oxygen atoms in total. The van der Waals surface area contributed by atoms with Crippen LogP contribution in [0.2, 0.25) is 0 Å². The Kier molecular flexibility index (Phi) is 4.39. The molecule has 1 aliphatic carbocycles. The third-order valence-electron chi connectivity index (χ3n) is 3.34. The van der Waals surface area contributed by atoms with Crippen LogP contribution in [0.4, 0.5) is 0 Å². The Labute approximate surface area is 122 Å². The van der Waals surface area contributed by atoms with Crippen molar-refractivity contribution < 1.29 is 13.2 Å². The predicted molar refractivity (Wildman–Crippen MR) is 75.3 cm³/mol. The Hall–Kier alpha value is -1.08. The molecular formula is C12H18ClN3O3S. The number of carbonyl (C=O) groups excluding carboxylic acids is 1. The molecule has 0 spiro atoms. The number of rotatable bonds is 6. The van der Waals surface area contributed by atoms with E-state index in [0.717, 1.165) is 25.7 Å². The summed E-state index contributed by atoms with van der Waals surface area (Å²) < 4.78 is 23.2. The molecule has 0 saturated heterocycles. The number of carbonyl (C=O) groups is 1. The van der Waals surface area contributed by atoms with Crippen LogP contribution in [0.1, 0.15) is 48.8 Å². The van der Waals surface area contributed by atoms with E-state index in [-0.39, 0.29) is 28.2 Å². The molecule has 0 atom stereocenters. The van der Waals surface area contributed by atoms with Gasteiger partial charge in [0.2, 0.25) is 0 Å². The van der Waals surface area contributed by atoms with Crippen LogP contribution in [0.15, 0.2) is 4.90 Å². The summed E-state index contributed by atoms with van der Waals surface area (Å²) in [5.41, 5.74) is 0.190. The molecule has 0 aliphatic heterocycles. The van der Waals surface area contributed by atoms with Crippen molar-refractivity contribution in [3.63, 3.8) is 0 Å². The molecule has 1 N–H and O–H groups in total. The molecule has 0 aromatic carbocycles. The fourth-order valence-electron chi connectivity index (χ4n) is 2.16. The first-order valence-electron chi connectivity index (χ1n) is 6.66. The average Bonchev–Trinajstić information content (AvgIpc) is 3.10. The largest absolute Gasteiger partial charge is 0.334 e. The lowest BCUT2D eigenvalue weighted by Crippen LogP contribution is -2.35. The van der Waals surface area contributed by atoms with Crippen LogP contribution >= 0.6 is 10.7 Å². The van der Waals surface area contributed by atoms with E-state index < -0.39 is 9.05 Å². The van der Waals surface area contributed by atoms with Crippen LogP contribution < -0.4 is 0 Å². The number of aromatic amines is 1. The van der Waals surface area contributed by atoms with Gasteiger partial charge in [-0.2, -0.15) is 5.10 Å². The number of aromatic nitrogens is 2. The number of halogens is 1. The van der Waals surface area contributed by atoms with Gasteiger partial charge in [0.1, 0.15) is 4.90 Å². The zero-order valence-corrected chi connectivity index (χ0v) is 13.1. The van der Waals surface area contributed by atoms with E-state index in [2.05, 4.69) is 10.2 Å². The minimum absolute atomic E-state index is 0.0968. The molecule has 1 aliphatic rings. The second-order valence-corrected chi connectivity index (χ2v) is 7.55. The standard InChI is InChI=1S/C12H18ClN3O3S/c1-3-4-7-16(9-5-6-9)12(17)10-11(20(13,18)19)8(2)14-15-10/h9H,3-7H2,1-2H3,(H,14,15). The Morgan fingerprint density at radius 1 is 1.50 bits per heavy atom. The Balaban J connectivity index is 2.32. The van der Waals surface area contributed by atoms with Gasteiger partial charge >= 0.3 is 0 Å². The van der Waals surface area contributed by atoms with E-state index in [9.17, 15) is 13.2 Å². The van der Waals surface area contributed by atoms with E-state index in [4.69, 9.17) is 10.7 Å². The van der Waals surface area contributed by atoms with Crippen LogP contribution in [-0.2, 0) is 9.05 Å². The van der Waals surface area contributed by atoms with E-state index >= 15 is 0 Å². The summed E-state index contributed by atoms with van der Waals surface area (Å²) in [6.07, 6.45) is 3.77. The Morgan fingerprint density at radius 2 is 2.15 bits per heavy atom. The molecule has 1 aromatic heterocycles. The molecule has 1 heterocycles. The number of nitrogens with zero attached hydrogens (tertiary/aromatic N) is 2. The first kappa shape index (κ1) is 15.3. The molecule has 0 unspecified atom stereocenters. The number of aryl methyl sites for hydroxylation is 1. The maximum absolute atomic E-state index is 12.5. The molecule has 1 amide bonds. The summed E-state index contributed by atoms with van der Waals surface area (Å²) in [5, 5.41) is 6.38. The molecular weight excluding hydrogens is 302 g/mol. The maximum Gasteiger partial charge on any atom is 0.276 e. The minimum atomic E-state index is -3.99. The van der Waals surface area contributed by atoms with Crippen molar-refractivity contribution in [2.24, 2.45) is 0 Å². The molecule has 0 bridgehead atoms. The molecule has 2 rings (SSSR count). The first-order chi connectivity index (χ1) is 9.36. The number of unbranched alkanes of at least 4 members (excludes halogenated alkanes) is 1. The van der Waals surface area contributed by atoms with Gasteiger partial charge in [-0.25, -0.2) is 8.42 Å². The highest BCUT2D eigenvalue weighted by Gasteiger charge is 2.36. The highest BCUT2D eigenvalue weighted by Crippen LogP contribution is 2.30. The number of nitrogens with one attached hydrogen (secondary N) is 1. The van der Waals surface area contributed by atoms with Gasteiger partial charge in [-0.1, -0.05) is 13.3 Å². The molecule has 20 heavy (non-hydrogen) atoms. The van der Waals surface area contributed by atoms with Crippen LogP contribution in [0.25, 0.3) is 0 Å². The van der Waals surface area contributed by atoms with Crippen LogP contribution in [-0.4, -0.2) is 42.0 Å². The van der Waals surface area contributed by atoms with Gasteiger partial charge in [-0.3, -0.25) is 9.89 Å². The smallest absolute Gasteiger partial charge is 0.276 e. The van der Waals surface area contributed by atoms with Gasteiger partial charge in [0.25, 0.3) is 15.0 Å². The van der Waals surface area contributed by atoms with Gasteiger partial charge in [-0.05, 0) is 26.2 Å². The molecule has 1 saturated carbocycles. The fourth-order valence-corrected chi connectivity index (χ4v) is 3.50. The summed E-state index contributed by atoms with van der Waals surface area (Å²) in [6.45, 7) is 4.20. The Bertz CT molecular complexity index is 607. The van der Waals surface area contributed by atoms with Gasteiger partial charge in [0.05, 0.1) is 5.69 Å². The lowest BCUT2D eigenvalue weighted by molar-refractivity contribution is 0.0731. The minimum Gasteiger partial charge on any atom is -0.334 e. The predicted octanol–water partition coefficient (Wildman–Crippen LogP) is 2.05. The molecule has 1 fully saturated rings. The highest BCUT2D eigenvalue weighted by molar-refractivity contribution is 8.13. The second-order valence-electron chi connectivity index (χ2n) is 5.05. The lowest BCUT2D eigenvalue weighted by Gasteiger charge is -2.21. The van der Waals surface area contributed by atoms with Crippen LogP contribution in [0, 0.1) is 6.92 Å². The van der Waals surface area contributed by atoms with Crippen LogP contribution in [0.3, 0.4) is 0 Å². The second kappa shape index (κ2) is 5.73. The van der Waals surface area contributed by atoms with Crippen molar-refractivity contribution in [1.29, 1.82) is 0 Å². The third kappa shape index (κ3) is 3.15. The molecule has 1 aromatic rings. The maximum atomic E-state index is 12.5. The van der Waals surface area contributed by atoms with Gasteiger partial charge < -0.3 is 4.90 Å². The van der Waals surface area contributed by atoms with E-state index in [1.165, 1.54) is 6.92 Å². The summed E-state index contributed by atoms with van der Waals surface area (Å²) >= 11 is 0. The van der Waals surface area contributed by atoms with Crippen molar-refractivity contribution in [2.45, 2.75) is 50.5 Å². The van der Waals surface area contributed by atoms with Crippen molar-refractivity contribution in [2.75, 3.05) is 6.54 Å². The highest BCUT2D eigenvalue weighted by atomic mass is 35.7. The van der Waals surface area contributed by atoms with Crippen molar-refractivity contribution >= 4 is 25.6 Å². The normalized spacial score (nSPS) is 15.3. The number of amides is 1. The molecule has 8 heteroatoms. The monoisotopic (exact) mass is 319 g/mol. The van der Waals surface area contributed by atoms with Crippen molar-refractivity contribution in [3.05, 3.63) is 11.4 Å². The van der Waals surface area contributed by atoms with Gasteiger partial charge in [0.15, 0.2) is 5.69 Å². The summed E-state index contributed by atoms with van der Waals surface area (Å²) in [7, 11) is 1.41. The van der Waals surface area contributed by atoms with E-state index in [1.807, 2.05) is 6.92 Å². The quantitative estimate of drug-likeness (QED) is 0.813. The fraction of sp³-hybridized carbons (Fsp3) is 0.667. The molecule has 112 valence electrons. The summed E-state index contributed by atoms with van der Waals surface area (Å²) in [4.78, 5) is 14.0. The first-order valence-corrected chi connectivity index (χ1v) is 8.97. The van der Waals surface area contributed by atoms with Crippen molar-refractivity contribution in [1.82, 2.24) is 15.1 Å². The van der Waals surface area contributed by atoms with Crippen LogP contribution in [0.5, 0.6) is 0 Å². The lowest BCUT2D eigenvalue weighted by atomic mass is 10.2.